The first-order valence-electron chi connectivity index (χ1n) is 10.2. The molecule has 0 amide bonds. The molecular weight excluding hydrogens is 404 g/mol. The number of thiazole rings is 1. The maximum atomic E-state index is 11.0. The van der Waals surface area contributed by atoms with E-state index in [-0.39, 0.29) is 24.1 Å². The molecule has 0 spiro atoms. The molecule has 2 aromatic heterocycles. The van der Waals surface area contributed by atoms with Gasteiger partial charge in [-0.3, -0.25) is 4.90 Å². The van der Waals surface area contributed by atoms with Crippen LogP contribution in [0.25, 0.3) is 4.96 Å². The van der Waals surface area contributed by atoms with Gasteiger partial charge in [-0.1, -0.05) is 17.4 Å². The van der Waals surface area contributed by atoms with Gasteiger partial charge in [-0.2, -0.15) is 4.52 Å². The van der Waals surface area contributed by atoms with Crippen molar-refractivity contribution in [3.05, 3.63) is 34.5 Å². The molecule has 0 unspecified atom stereocenters. The Labute approximate surface area is 180 Å². The standard InChI is InChI=1S/C21H28N4O4S/c1-6-28-16-8-7-15(9-17(16)27-5)18(24-10-12(2)29-13(3)11-24)19-20(26)25-21(30-19)22-14(4)23-25/h7-9,12-13,18,26H,6,10-11H2,1-5H3/t12-,13+,18-/m1/s1. The lowest BCUT2D eigenvalue weighted by Crippen LogP contribution is -2.47. The number of hydrogen-bond donors (Lipinski definition) is 1. The molecule has 8 nitrogen and oxygen atoms in total. The molecule has 1 N–H and O–H groups in total. The Bertz CT molecular complexity index is 1020. The van der Waals surface area contributed by atoms with Crippen LogP contribution < -0.4 is 9.47 Å². The lowest BCUT2D eigenvalue weighted by molar-refractivity contribution is -0.0764. The zero-order valence-electron chi connectivity index (χ0n) is 18.0. The number of aromatic hydroxyl groups is 1. The molecule has 4 rings (SSSR count). The van der Waals surface area contributed by atoms with E-state index in [1.807, 2.05) is 32.0 Å². The van der Waals surface area contributed by atoms with E-state index in [1.165, 1.54) is 15.9 Å². The molecule has 3 heterocycles. The molecular formula is C21H28N4O4S. The van der Waals surface area contributed by atoms with Crippen molar-refractivity contribution >= 4 is 16.3 Å². The summed E-state index contributed by atoms with van der Waals surface area (Å²) in [7, 11) is 1.64. The van der Waals surface area contributed by atoms with Crippen molar-refractivity contribution in [3.63, 3.8) is 0 Å². The van der Waals surface area contributed by atoms with Gasteiger partial charge < -0.3 is 19.3 Å². The van der Waals surface area contributed by atoms with E-state index in [0.717, 1.165) is 23.5 Å². The molecule has 0 bridgehead atoms. The van der Waals surface area contributed by atoms with Crippen LogP contribution in [0.4, 0.5) is 0 Å². The van der Waals surface area contributed by atoms with Gasteiger partial charge in [-0.15, -0.1) is 5.10 Å². The fourth-order valence-electron chi connectivity index (χ4n) is 4.11. The number of fused-ring (bicyclic) bond motifs is 1. The number of methoxy groups -OCH3 is 1. The van der Waals surface area contributed by atoms with Crippen molar-refractivity contribution in [2.45, 2.75) is 45.9 Å². The lowest BCUT2D eigenvalue weighted by Gasteiger charge is -2.40. The van der Waals surface area contributed by atoms with Gasteiger partial charge in [-0.05, 0) is 45.4 Å². The van der Waals surface area contributed by atoms with E-state index in [1.54, 1.807) is 7.11 Å². The van der Waals surface area contributed by atoms with Gasteiger partial charge in [0.1, 0.15) is 5.82 Å². The Morgan fingerprint density at radius 3 is 2.63 bits per heavy atom. The average Bonchev–Trinajstić information content (AvgIpc) is 3.20. The Morgan fingerprint density at radius 1 is 1.27 bits per heavy atom. The smallest absolute Gasteiger partial charge is 0.230 e. The molecule has 0 radical (unpaired) electrons. The lowest BCUT2D eigenvalue weighted by atomic mass is 10.0. The highest BCUT2D eigenvalue weighted by Crippen LogP contribution is 2.43. The molecule has 9 heteroatoms. The van der Waals surface area contributed by atoms with Crippen LogP contribution in [-0.4, -0.2) is 63.6 Å². The van der Waals surface area contributed by atoms with Crippen LogP contribution >= 0.6 is 11.3 Å². The van der Waals surface area contributed by atoms with Crippen molar-refractivity contribution in [1.82, 2.24) is 19.5 Å². The van der Waals surface area contributed by atoms with Crippen LogP contribution in [0.1, 0.15) is 43.1 Å². The molecule has 30 heavy (non-hydrogen) atoms. The van der Waals surface area contributed by atoms with E-state index in [4.69, 9.17) is 14.2 Å². The molecule has 1 saturated heterocycles. The van der Waals surface area contributed by atoms with Gasteiger partial charge in [0.15, 0.2) is 11.5 Å². The Kier molecular flexibility index (Phi) is 5.86. The van der Waals surface area contributed by atoms with E-state index in [9.17, 15) is 5.11 Å². The summed E-state index contributed by atoms with van der Waals surface area (Å²) in [5, 5.41) is 15.4. The first-order valence-corrected chi connectivity index (χ1v) is 11.0. The predicted octanol–water partition coefficient (Wildman–Crippen LogP) is 3.41. The molecule has 1 aliphatic heterocycles. The zero-order valence-corrected chi connectivity index (χ0v) is 18.8. The minimum atomic E-state index is -0.183. The summed E-state index contributed by atoms with van der Waals surface area (Å²) in [5.74, 6) is 2.13. The number of morpholine rings is 1. The topological polar surface area (TPSA) is 81.4 Å². The first kappa shape index (κ1) is 20.9. The molecule has 3 aromatic rings. The van der Waals surface area contributed by atoms with E-state index >= 15 is 0 Å². The highest BCUT2D eigenvalue weighted by Gasteiger charge is 2.34. The highest BCUT2D eigenvalue weighted by molar-refractivity contribution is 7.17. The second-order valence-corrected chi connectivity index (χ2v) is 8.61. The van der Waals surface area contributed by atoms with Gasteiger partial charge in [-0.25, -0.2) is 4.98 Å². The summed E-state index contributed by atoms with van der Waals surface area (Å²) in [4.78, 5) is 8.26. The number of aromatic nitrogens is 3. The third-order valence-corrected chi connectivity index (χ3v) is 6.24. The zero-order chi connectivity index (χ0) is 21.4. The summed E-state index contributed by atoms with van der Waals surface area (Å²) >= 11 is 1.46. The summed E-state index contributed by atoms with van der Waals surface area (Å²) in [6.07, 6.45) is 0.180. The van der Waals surface area contributed by atoms with Gasteiger partial charge >= 0.3 is 0 Å². The van der Waals surface area contributed by atoms with Crippen LogP contribution in [0.2, 0.25) is 0 Å². The van der Waals surface area contributed by atoms with Crippen molar-refractivity contribution in [2.24, 2.45) is 0 Å². The van der Waals surface area contributed by atoms with E-state index in [0.29, 0.717) is 28.9 Å². The van der Waals surface area contributed by atoms with Crippen LogP contribution in [0.3, 0.4) is 0 Å². The van der Waals surface area contributed by atoms with Gasteiger partial charge in [0.05, 0.1) is 36.8 Å². The molecule has 162 valence electrons. The molecule has 0 aliphatic carbocycles. The molecule has 1 aliphatic rings. The average molecular weight is 433 g/mol. The predicted molar refractivity (Wildman–Crippen MR) is 115 cm³/mol. The SMILES string of the molecule is CCOc1ccc([C@H](c2sc3nc(C)nn3c2O)N2C[C@@H](C)O[C@@H](C)C2)cc1OC. The van der Waals surface area contributed by atoms with Crippen molar-refractivity contribution in [2.75, 3.05) is 26.8 Å². The fourth-order valence-corrected chi connectivity index (χ4v) is 5.27. The number of benzene rings is 1. The third-order valence-electron chi connectivity index (χ3n) is 5.17. The van der Waals surface area contributed by atoms with Gasteiger partial charge in [0.2, 0.25) is 10.8 Å². The monoisotopic (exact) mass is 432 g/mol. The minimum Gasteiger partial charge on any atom is -0.493 e. The Hall–Kier alpha value is -2.36. The van der Waals surface area contributed by atoms with Gasteiger partial charge in [0, 0.05) is 13.1 Å². The van der Waals surface area contributed by atoms with Crippen molar-refractivity contribution < 1.29 is 19.3 Å². The maximum Gasteiger partial charge on any atom is 0.230 e. The molecule has 3 atom stereocenters. The van der Waals surface area contributed by atoms with Crippen molar-refractivity contribution in [1.29, 1.82) is 0 Å². The normalized spacial score (nSPS) is 21.1. The summed E-state index contributed by atoms with van der Waals surface area (Å²) in [6, 6.07) is 5.76. The number of hydrogen-bond acceptors (Lipinski definition) is 8. The Balaban J connectivity index is 1.83. The third kappa shape index (κ3) is 3.84. The number of rotatable bonds is 6. The highest BCUT2D eigenvalue weighted by atomic mass is 32.1. The first-order chi connectivity index (χ1) is 14.4. The fraction of sp³-hybridized carbons (Fsp3) is 0.524. The van der Waals surface area contributed by atoms with Crippen LogP contribution in [-0.2, 0) is 4.74 Å². The molecule has 1 fully saturated rings. The Morgan fingerprint density at radius 2 is 2.00 bits per heavy atom. The van der Waals surface area contributed by atoms with Gasteiger partial charge in [0.25, 0.3) is 0 Å². The van der Waals surface area contributed by atoms with Crippen LogP contribution in [0.5, 0.6) is 17.4 Å². The number of aryl methyl sites for hydroxylation is 1. The van der Waals surface area contributed by atoms with E-state index in [2.05, 4.69) is 28.8 Å². The summed E-state index contributed by atoms with van der Waals surface area (Å²) in [6.45, 7) is 9.97. The second kappa shape index (κ2) is 8.41. The van der Waals surface area contributed by atoms with Crippen LogP contribution in [0, 0.1) is 6.92 Å². The second-order valence-electron chi connectivity index (χ2n) is 7.60. The van der Waals surface area contributed by atoms with E-state index < -0.39 is 0 Å². The van der Waals surface area contributed by atoms with Crippen molar-refractivity contribution in [3.8, 4) is 17.4 Å². The maximum absolute atomic E-state index is 11.0. The number of ether oxygens (including phenoxy) is 3. The minimum absolute atomic E-state index is 0.0902. The quantitative estimate of drug-likeness (QED) is 0.639. The molecule has 1 aromatic carbocycles. The largest absolute Gasteiger partial charge is 0.493 e. The number of nitrogens with zero attached hydrogens (tertiary/aromatic N) is 4. The summed E-state index contributed by atoms with van der Waals surface area (Å²) in [5.41, 5.74) is 1.01. The van der Waals surface area contributed by atoms with Crippen LogP contribution in [0.15, 0.2) is 18.2 Å². The summed E-state index contributed by atoms with van der Waals surface area (Å²) < 4.78 is 18.7. The molecule has 0 saturated carbocycles.